The average Bonchev–Trinajstić information content (AvgIpc) is 2.59. The molecular formula is C10H13ClN2O2S. The molecule has 1 atom stereocenters. The first kappa shape index (κ1) is 13.0. The topological polar surface area (TPSA) is 68.3 Å². The number of hydrogen-bond acceptors (Lipinski definition) is 3. The van der Waals surface area contributed by atoms with Gasteiger partial charge in [-0.15, -0.1) is 0 Å². The number of furan rings is 1. The van der Waals surface area contributed by atoms with Crippen LogP contribution in [0.25, 0.3) is 0 Å². The summed E-state index contributed by atoms with van der Waals surface area (Å²) >= 11 is 10.4. The minimum Gasteiger partial charge on any atom is -0.440 e. The summed E-state index contributed by atoms with van der Waals surface area (Å²) in [6.45, 7) is 3.83. The number of rotatable bonds is 4. The Bertz CT molecular complexity index is 403. The van der Waals surface area contributed by atoms with E-state index in [9.17, 15) is 4.79 Å². The standard InChI is InChI=1S/C10H13ClN2O2S/c1-5(2)8(9(12)16)13-10(14)6-3-4-7(11)15-6/h3-5,8H,1-2H3,(H2,12,16)(H,13,14). The summed E-state index contributed by atoms with van der Waals surface area (Å²) in [5.41, 5.74) is 5.53. The third-order valence-corrected chi connectivity index (χ3v) is 2.51. The Balaban J connectivity index is 2.73. The number of hydrogen-bond donors (Lipinski definition) is 2. The lowest BCUT2D eigenvalue weighted by Gasteiger charge is -2.20. The molecule has 6 heteroatoms. The molecule has 16 heavy (non-hydrogen) atoms. The maximum absolute atomic E-state index is 11.7. The molecule has 0 radical (unpaired) electrons. The van der Waals surface area contributed by atoms with E-state index in [0.29, 0.717) is 0 Å². The van der Waals surface area contributed by atoms with E-state index >= 15 is 0 Å². The van der Waals surface area contributed by atoms with Crippen molar-refractivity contribution in [3.05, 3.63) is 23.1 Å². The van der Waals surface area contributed by atoms with Gasteiger partial charge in [0.2, 0.25) is 0 Å². The van der Waals surface area contributed by atoms with Gasteiger partial charge in [0.1, 0.15) is 0 Å². The molecule has 0 saturated heterocycles. The molecule has 0 aromatic carbocycles. The van der Waals surface area contributed by atoms with Gasteiger partial charge in [-0.25, -0.2) is 0 Å². The third kappa shape index (κ3) is 3.21. The van der Waals surface area contributed by atoms with Crippen LogP contribution in [0.4, 0.5) is 0 Å². The van der Waals surface area contributed by atoms with Crippen molar-refractivity contribution in [2.24, 2.45) is 11.7 Å². The van der Waals surface area contributed by atoms with Gasteiger partial charge in [0, 0.05) is 0 Å². The summed E-state index contributed by atoms with van der Waals surface area (Å²) in [6.07, 6.45) is 0. The van der Waals surface area contributed by atoms with Crippen LogP contribution in [0.15, 0.2) is 16.5 Å². The highest BCUT2D eigenvalue weighted by Crippen LogP contribution is 2.13. The minimum atomic E-state index is -0.376. The van der Waals surface area contributed by atoms with Gasteiger partial charge in [0.05, 0.1) is 11.0 Å². The molecule has 0 bridgehead atoms. The molecule has 0 aliphatic rings. The zero-order valence-corrected chi connectivity index (χ0v) is 10.6. The Morgan fingerprint density at radius 1 is 1.56 bits per heavy atom. The van der Waals surface area contributed by atoms with Gasteiger partial charge in [0.25, 0.3) is 5.91 Å². The number of halogens is 1. The molecule has 3 N–H and O–H groups in total. The first-order valence-corrected chi connectivity index (χ1v) is 5.56. The quantitative estimate of drug-likeness (QED) is 0.813. The SMILES string of the molecule is CC(C)C(NC(=O)c1ccc(Cl)o1)C(N)=S. The van der Waals surface area contributed by atoms with Crippen LogP contribution in [-0.2, 0) is 0 Å². The monoisotopic (exact) mass is 260 g/mol. The maximum Gasteiger partial charge on any atom is 0.287 e. The molecule has 1 aromatic heterocycles. The number of nitrogens with two attached hydrogens (primary N) is 1. The van der Waals surface area contributed by atoms with E-state index in [0.717, 1.165) is 0 Å². The maximum atomic E-state index is 11.7. The van der Waals surface area contributed by atoms with Crippen molar-refractivity contribution >= 4 is 34.7 Å². The molecule has 88 valence electrons. The van der Waals surface area contributed by atoms with Gasteiger partial charge in [-0.3, -0.25) is 4.79 Å². The van der Waals surface area contributed by atoms with Crippen LogP contribution in [0.2, 0.25) is 5.22 Å². The number of carbonyl (C=O) groups excluding carboxylic acids is 1. The van der Waals surface area contributed by atoms with Crippen molar-refractivity contribution in [2.45, 2.75) is 19.9 Å². The van der Waals surface area contributed by atoms with E-state index in [1.807, 2.05) is 13.8 Å². The summed E-state index contributed by atoms with van der Waals surface area (Å²) in [7, 11) is 0. The van der Waals surface area contributed by atoms with Crippen LogP contribution < -0.4 is 11.1 Å². The highest BCUT2D eigenvalue weighted by molar-refractivity contribution is 7.80. The molecule has 1 aromatic rings. The van der Waals surface area contributed by atoms with Gasteiger partial charge in [-0.1, -0.05) is 26.1 Å². The van der Waals surface area contributed by atoms with Gasteiger partial charge in [-0.05, 0) is 29.7 Å². The Labute approximate surface area is 104 Å². The zero-order chi connectivity index (χ0) is 12.3. The highest BCUT2D eigenvalue weighted by Gasteiger charge is 2.21. The largest absolute Gasteiger partial charge is 0.440 e. The summed E-state index contributed by atoms with van der Waals surface area (Å²) in [5.74, 6) is -0.114. The average molecular weight is 261 g/mol. The normalized spacial score (nSPS) is 12.5. The Kier molecular flexibility index (Phi) is 4.32. The van der Waals surface area contributed by atoms with Crippen LogP contribution >= 0.6 is 23.8 Å². The lowest BCUT2D eigenvalue weighted by atomic mass is 10.0. The highest BCUT2D eigenvalue weighted by atomic mass is 35.5. The predicted octanol–water partition coefficient (Wildman–Crippen LogP) is 1.97. The van der Waals surface area contributed by atoms with Gasteiger partial charge >= 0.3 is 0 Å². The second kappa shape index (κ2) is 5.32. The van der Waals surface area contributed by atoms with Crippen molar-refractivity contribution in [3.63, 3.8) is 0 Å². The van der Waals surface area contributed by atoms with E-state index in [1.54, 1.807) is 0 Å². The molecule has 0 saturated carbocycles. The molecule has 0 aliphatic carbocycles. The molecule has 4 nitrogen and oxygen atoms in total. The number of thiocarbonyl (C=S) groups is 1. The van der Waals surface area contributed by atoms with Gasteiger partial charge in [0.15, 0.2) is 11.0 Å². The molecule has 1 rings (SSSR count). The molecule has 1 unspecified atom stereocenters. The lowest BCUT2D eigenvalue weighted by Crippen LogP contribution is -2.46. The predicted molar refractivity (Wildman–Crippen MR) is 66.6 cm³/mol. The Morgan fingerprint density at radius 2 is 2.19 bits per heavy atom. The fraction of sp³-hybridized carbons (Fsp3) is 0.400. The smallest absolute Gasteiger partial charge is 0.287 e. The lowest BCUT2D eigenvalue weighted by molar-refractivity contribution is 0.0912. The summed E-state index contributed by atoms with van der Waals surface area (Å²) in [5, 5.41) is 2.86. The van der Waals surface area contributed by atoms with Crippen LogP contribution in [-0.4, -0.2) is 16.9 Å². The fourth-order valence-electron chi connectivity index (χ4n) is 1.22. The van der Waals surface area contributed by atoms with Crippen LogP contribution in [0.1, 0.15) is 24.4 Å². The number of nitrogens with one attached hydrogen (secondary N) is 1. The molecule has 0 aliphatic heterocycles. The Hall–Kier alpha value is -1.07. The van der Waals surface area contributed by atoms with Crippen molar-refractivity contribution < 1.29 is 9.21 Å². The third-order valence-electron chi connectivity index (χ3n) is 2.06. The van der Waals surface area contributed by atoms with E-state index < -0.39 is 0 Å². The zero-order valence-electron chi connectivity index (χ0n) is 8.99. The van der Waals surface area contributed by atoms with E-state index in [2.05, 4.69) is 5.32 Å². The molecule has 0 fully saturated rings. The number of amides is 1. The summed E-state index contributed by atoms with van der Waals surface area (Å²) in [4.78, 5) is 11.9. The summed E-state index contributed by atoms with van der Waals surface area (Å²) < 4.78 is 4.97. The van der Waals surface area contributed by atoms with Crippen molar-refractivity contribution in [2.75, 3.05) is 0 Å². The molecule has 1 amide bonds. The van der Waals surface area contributed by atoms with E-state index in [1.165, 1.54) is 12.1 Å². The van der Waals surface area contributed by atoms with Gasteiger partial charge in [-0.2, -0.15) is 0 Å². The van der Waals surface area contributed by atoms with E-state index in [4.69, 9.17) is 34.0 Å². The van der Waals surface area contributed by atoms with Gasteiger partial charge < -0.3 is 15.5 Å². The summed E-state index contributed by atoms with van der Waals surface area (Å²) in [6, 6.07) is 2.64. The van der Waals surface area contributed by atoms with Crippen molar-refractivity contribution in [1.82, 2.24) is 5.32 Å². The molecule has 1 heterocycles. The Morgan fingerprint density at radius 3 is 2.56 bits per heavy atom. The number of carbonyl (C=O) groups is 1. The molecular weight excluding hydrogens is 248 g/mol. The van der Waals surface area contributed by atoms with Crippen molar-refractivity contribution in [1.29, 1.82) is 0 Å². The second-order valence-corrected chi connectivity index (χ2v) is 4.55. The van der Waals surface area contributed by atoms with Crippen molar-refractivity contribution in [3.8, 4) is 0 Å². The first-order chi connectivity index (χ1) is 7.41. The van der Waals surface area contributed by atoms with Crippen LogP contribution in [0, 0.1) is 5.92 Å². The van der Waals surface area contributed by atoms with E-state index in [-0.39, 0.29) is 33.8 Å². The fourth-order valence-corrected chi connectivity index (χ4v) is 1.69. The van der Waals surface area contributed by atoms with Crippen LogP contribution in [0.3, 0.4) is 0 Å². The minimum absolute atomic E-state index is 0.117. The first-order valence-electron chi connectivity index (χ1n) is 4.77. The second-order valence-electron chi connectivity index (χ2n) is 3.70. The van der Waals surface area contributed by atoms with Crippen LogP contribution in [0.5, 0.6) is 0 Å². The molecule has 0 spiro atoms.